The van der Waals surface area contributed by atoms with Crippen molar-refractivity contribution in [2.45, 2.75) is 0 Å². The third-order valence-electron chi connectivity index (χ3n) is 3.19. The largest absolute Gasteiger partial charge is 0.332 e. The molecule has 1 saturated heterocycles. The smallest absolute Gasteiger partial charge is 0.313 e. The number of nitrogens with zero attached hydrogens (tertiary/aromatic N) is 2. The number of aromatic nitrogens is 1. The summed E-state index contributed by atoms with van der Waals surface area (Å²) < 4.78 is 0.984. The first-order chi connectivity index (χ1) is 9.74. The van der Waals surface area contributed by atoms with Gasteiger partial charge in [0.1, 0.15) is 0 Å². The molecule has 0 bridgehead atoms. The summed E-state index contributed by atoms with van der Waals surface area (Å²) in [6, 6.07) is 5.41. The van der Waals surface area contributed by atoms with Gasteiger partial charge in [0, 0.05) is 31.9 Å². The van der Waals surface area contributed by atoms with Gasteiger partial charge in [0.25, 0.3) is 0 Å². The van der Waals surface area contributed by atoms with Crippen molar-refractivity contribution in [3.63, 3.8) is 0 Å². The summed E-state index contributed by atoms with van der Waals surface area (Å²) in [7, 11) is 0. The minimum Gasteiger partial charge on any atom is -0.332 e. The average molecular weight is 290 g/mol. The molecule has 3 rings (SSSR count). The number of hydrogen-bond acceptors (Lipinski definition) is 5. The first-order valence-electron chi connectivity index (χ1n) is 6.38. The molecule has 1 aromatic heterocycles. The van der Waals surface area contributed by atoms with Gasteiger partial charge in [0.15, 0.2) is 0 Å². The second-order valence-corrected chi connectivity index (χ2v) is 5.42. The summed E-state index contributed by atoms with van der Waals surface area (Å²) in [6.07, 6.45) is 0. The molecule has 0 radical (unpaired) electrons. The zero-order valence-electron chi connectivity index (χ0n) is 10.8. The van der Waals surface area contributed by atoms with E-state index in [2.05, 4.69) is 15.6 Å². The Balaban J connectivity index is 1.69. The van der Waals surface area contributed by atoms with Crippen LogP contribution in [-0.4, -0.2) is 47.9 Å². The fraction of sp³-hybridized carbons (Fsp3) is 0.308. The van der Waals surface area contributed by atoms with Crippen LogP contribution in [0, 0.1) is 0 Å². The molecule has 1 fully saturated rings. The van der Waals surface area contributed by atoms with E-state index in [1.807, 2.05) is 12.1 Å². The van der Waals surface area contributed by atoms with E-state index in [4.69, 9.17) is 0 Å². The lowest BCUT2D eigenvalue weighted by atomic mass is 10.3. The Morgan fingerprint density at radius 2 is 2.10 bits per heavy atom. The zero-order chi connectivity index (χ0) is 13.9. The molecule has 2 amide bonds. The maximum absolute atomic E-state index is 12.0. The van der Waals surface area contributed by atoms with E-state index >= 15 is 0 Å². The monoisotopic (exact) mass is 290 g/mol. The summed E-state index contributed by atoms with van der Waals surface area (Å²) in [5.41, 5.74) is 3.26. The molecule has 0 atom stereocenters. The molecule has 0 aliphatic carbocycles. The third kappa shape index (κ3) is 2.63. The van der Waals surface area contributed by atoms with E-state index in [1.54, 1.807) is 16.5 Å². The Bertz CT molecular complexity index is 649. The Labute approximate surface area is 119 Å². The Kier molecular flexibility index (Phi) is 3.62. The van der Waals surface area contributed by atoms with Crippen molar-refractivity contribution in [3.05, 3.63) is 23.7 Å². The lowest BCUT2D eigenvalue weighted by Crippen LogP contribution is -2.49. The van der Waals surface area contributed by atoms with Crippen LogP contribution >= 0.6 is 11.3 Å². The van der Waals surface area contributed by atoms with Gasteiger partial charge < -0.3 is 15.5 Å². The van der Waals surface area contributed by atoms with Crippen LogP contribution in [-0.2, 0) is 9.59 Å². The fourth-order valence-electron chi connectivity index (χ4n) is 2.13. The van der Waals surface area contributed by atoms with E-state index in [1.165, 1.54) is 11.3 Å². The van der Waals surface area contributed by atoms with Crippen molar-refractivity contribution in [2.24, 2.45) is 0 Å². The van der Waals surface area contributed by atoms with Gasteiger partial charge in [-0.3, -0.25) is 9.59 Å². The quantitative estimate of drug-likeness (QED) is 0.757. The van der Waals surface area contributed by atoms with E-state index in [9.17, 15) is 9.59 Å². The SMILES string of the molecule is O=C(Nc1ccc2ncsc2c1)C(=O)N1CCNCC1. The molecule has 2 N–H and O–H groups in total. The summed E-state index contributed by atoms with van der Waals surface area (Å²) in [4.78, 5) is 29.7. The van der Waals surface area contributed by atoms with Crippen molar-refractivity contribution in [1.82, 2.24) is 15.2 Å². The molecule has 1 aliphatic rings. The summed E-state index contributed by atoms with van der Waals surface area (Å²) in [5, 5.41) is 5.79. The normalized spacial score (nSPS) is 15.3. The van der Waals surface area contributed by atoms with Gasteiger partial charge in [-0.25, -0.2) is 4.98 Å². The topological polar surface area (TPSA) is 74.3 Å². The van der Waals surface area contributed by atoms with Crippen LogP contribution in [0.4, 0.5) is 5.69 Å². The molecule has 2 heterocycles. The van der Waals surface area contributed by atoms with Crippen LogP contribution < -0.4 is 10.6 Å². The Hall–Kier alpha value is -1.99. The third-order valence-corrected chi connectivity index (χ3v) is 3.98. The highest BCUT2D eigenvalue weighted by molar-refractivity contribution is 7.16. The molecule has 7 heteroatoms. The van der Waals surface area contributed by atoms with Crippen molar-refractivity contribution in [3.8, 4) is 0 Å². The maximum Gasteiger partial charge on any atom is 0.313 e. The second-order valence-electron chi connectivity index (χ2n) is 4.53. The van der Waals surface area contributed by atoms with Crippen LogP contribution in [0.1, 0.15) is 0 Å². The average Bonchev–Trinajstić information content (AvgIpc) is 2.95. The number of carbonyl (C=O) groups excluding carboxylic acids is 2. The number of nitrogens with one attached hydrogen (secondary N) is 2. The molecule has 2 aromatic rings. The second kappa shape index (κ2) is 5.56. The molecule has 1 aliphatic heterocycles. The molecule has 6 nitrogen and oxygen atoms in total. The van der Waals surface area contributed by atoms with Gasteiger partial charge in [-0.15, -0.1) is 11.3 Å². The Morgan fingerprint density at radius 3 is 2.90 bits per heavy atom. The van der Waals surface area contributed by atoms with E-state index < -0.39 is 11.8 Å². The number of fused-ring (bicyclic) bond motifs is 1. The number of anilines is 1. The molecule has 0 saturated carbocycles. The maximum atomic E-state index is 12.0. The van der Waals surface area contributed by atoms with Gasteiger partial charge >= 0.3 is 11.8 Å². The van der Waals surface area contributed by atoms with E-state index in [0.29, 0.717) is 18.8 Å². The number of amides is 2. The number of piperazine rings is 1. The van der Waals surface area contributed by atoms with Crippen molar-refractivity contribution < 1.29 is 9.59 Å². The lowest BCUT2D eigenvalue weighted by molar-refractivity contribution is -0.143. The lowest BCUT2D eigenvalue weighted by Gasteiger charge is -2.26. The zero-order valence-corrected chi connectivity index (χ0v) is 11.6. The number of hydrogen-bond donors (Lipinski definition) is 2. The fourth-order valence-corrected chi connectivity index (χ4v) is 2.85. The van der Waals surface area contributed by atoms with Crippen molar-refractivity contribution >= 4 is 39.1 Å². The molecule has 20 heavy (non-hydrogen) atoms. The number of benzene rings is 1. The summed E-state index contributed by atoms with van der Waals surface area (Å²) >= 11 is 1.50. The van der Waals surface area contributed by atoms with Gasteiger partial charge in [0.2, 0.25) is 0 Å². The predicted octanol–water partition coefficient (Wildman–Crippen LogP) is 0.667. The van der Waals surface area contributed by atoms with Crippen LogP contribution in [0.25, 0.3) is 10.2 Å². The van der Waals surface area contributed by atoms with Crippen LogP contribution in [0.2, 0.25) is 0 Å². The highest BCUT2D eigenvalue weighted by Gasteiger charge is 2.23. The molecule has 104 valence electrons. The van der Waals surface area contributed by atoms with Crippen LogP contribution in [0.5, 0.6) is 0 Å². The van der Waals surface area contributed by atoms with E-state index in [-0.39, 0.29) is 0 Å². The summed E-state index contributed by atoms with van der Waals surface area (Å²) in [6.45, 7) is 2.60. The molecular formula is C13H14N4O2S. The van der Waals surface area contributed by atoms with Gasteiger partial charge in [-0.2, -0.15) is 0 Å². The predicted molar refractivity (Wildman–Crippen MR) is 77.7 cm³/mol. The molecular weight excluding hydrogens is 276 g/mol. The Morgan fingerprint density at radius 1 is 1.30 bits per heavy atom. The standard InChI is InChI=1S/C13H14N4O2S/c18-12(13(19)17-5-3-14-4-6-17)16-9-1-2-10-11(7-9)20-8-15-10/h1-2,7-8,14H,3-6H2,(H,16,18). The first kappa shape index (κ1) is 13.0. The summed E-state index contributed by atoms with van der Waals surface area (Å²) in [5.74, 6) is -1.06. The van der Waals surface area contributed by atoms with Crippen LogP contribution in [0.3, 0.4) is 0 Å². The highest BCUT2D eigenvalue weighted by atomic mass is 32.1. The number of rotatable bonds is 1. The van der Waals surface area contributed by atoms with Crippen molar-refractivity contribution in [1.29, 1.82) is 0 Å². The molecule has 0 unspecified atom stereocenters. The molecule has 1 aromatic carbocycles. The van der Waals surface area contributed by atoms with Crippen LogP contribution in [0.15, 0.2) is 23.7 Å². The minimum atomic E-state index is -0.587. The highest BCUT2D eigenvalue weighted by Crippen LogP contribution is 2.21. The number of carbonyl (C=O) groups is 2. The van der Waals surface area contributed by atoms with Gasteiger partial charge in [-0.05, 0) is 18.2 Å². The van der Waals surface area contributed by atoms with Gasteiger partial charge in [0.05, 0.1) is 15.7 Å². The number of thiazole rings is 1. The van der Waals surface area contributed by atoms with Crippen molar-refractivity contribution in [2.75, 3.05) is 31.5 Å². The molecule has 0 spiro atoms. The first-order valence-corrected chi connectivity index (χ1v) is 7.26. The van der Waals surface area contributed by atoms with Gasteiger partial charge in [-0.1, -0.05) is 0 Å². The minimum absolute atomic E-state index is 0.476. The van der Waals surface area contributed by atoms with E-state index in [0.717, 1.165) is 23.3 Å².